The number of carbonyl (C=O) groups is 1. The van der Waals surface area contributed by atoms with Crippen molar-refractivity contribution < 1.29 is 22.3 Å². The highest BCUT2D eigenvalue weighted by atomic mass is 79.9. The van der Waals surface area contributed by atoms with Gasteiger partial charge in [-0.25, -0.2) is 22.3 Å². The largest absolute Gasteiger partial charge is 0.444 e. The maximum Gasteiger partial charge on any atom is 0.410 e. The van der Waals surface area contributed by atoms with Gasteiger partial charge in [0.1, 0.15) is 11.4 Å². The molecule has 1 N–H and O–H groups in total. The first-order valence-electron chi connectivity index (χ1n) is 8.86. The Kier molecular flexibility index (Phi) is 6.91. The van der Waals surface area contributed by atoms with Crippen LogP contribution in [0.3, 0.4) is 0 Å². The van der Waals surface area contributed by atoms with E-state index in [1.54, 1.807) is 45.9 Å². The normalized spacial score (nSPS) is 20.7. The lowest BCUT2D eigenvalue weighted by Gasteiger charge is -2.31. The zero-order valence-electron chi connectivity index (χ0n) is 16.0. The smallest absolute Gasteiger partial charge is 0.410 e. The van der Waals surface area contributed by atoms with E-state index in [0.717, 1.165) is 0 Å². The fraction of sp³-hybridized carbons (Fsp3) is 0.611. The SMILES string of the molecule is CCS(=O)(=O)N[C@H]1CCN(C(=O)OC(C)(C)C)[C@H]1Cc1cccc(Br)c1F. The van der Waals surface area contributed by atoms with Crippen LogP contribution < -0.4 is 4.72 Å². The van der Waals surface area contributed by atoms with Crippen LogP contribution in [0.15, 0.2) is 22.7 Å². The van der Waals surface area contributed by atoms with Crippen LogP contribution in [0.1, 0.15) is 39.7 Å². The lowest BCUT2D eigenvalue weighted by Crippen LogP contribution is -2.49. The van der Waals surface area contributed by atoms with Gasteiger partial charge in [0.15, 0.2) is 0 Å². The van der Waals surface area contributed by atoms with E-state index in [1.807, 2.05) is 0 Å². The van der Waals surface area contributed by atoms with Crippen LogP contribution in [0, 0.1) is 5.82 Å². The first-order valence-corrected chi connectivity index (χ1v) is 11.3. The van der Waals surface area contributed by atoms with Crippen LogP contribution in [-0.2, 0) is 21.2 Å². The molecule has 6 nitrogen and oxygen atoms in total. The van der Waals surface area contributed by atoms with Gasteiger partial charge in [-0.05, 0) is 68.1 Å². The fourth-order valence-electron chi connectivity index (χ4n) is 3.04. The molecule has 152 valence electrons. The Bertz CT molecular complexity index is 795. The molecule has 0 radical (unpaired) electrons. The molecule has 1 aliphatic heterocycles. The van der Waals surface area contributed by atoms with Gasteiger partial charge in [0, 0.05) is 12.6 Å². The molecule has 0 spiro atoms. The third-order valence-corrected chi connectivity index (χ3v) is 6.38. The molecule has 0 saturated carbocycles. The fourth-order valence-corrected chi connectivity index (χ4v) is 4.35. The summed E-state index contributed by atoms with van der Waals surface area (Å²) in [5.74, 6) is -0.473. The molecule has 0 bridgehead atoms. The van der Waals surface area contributed by atoms with Crippen LogP contribution >= 0.6 is 15.9 Å². The number of hydrogen-bond acceptors (Lipinski definition) is 4. The summed E-state index contributed by atoms with van der Waals surface area (Å²) in [7, 11) is -3.46. The second-order valence-corrected chi connectivity index (χ2v) is 10.5. The monoisotopic (exact) mass is 464 g/mol. The van der Waals surface area contributed by atoms with Crippen molar-refractivity contribution >= 4 is 32.0 Å². The molecule has 1 aromatic carbocycles. The summed E-state index contributed by atoms with van der Waals surface area (Å²) in [6.45, 7) is 7.18. The van der Waals surface area contributed by atoms with E-state index in [0.29, 0.717) is 23.0 Å². The van der Waals surface area contributed by atoms with Crippen LogP contribution in [0.2, 0.25) is 0 Å². The molecule has 9 heteroatoms. The maximum atomic E-state index is 14.5. The van der Waals surface area contributed by atoms with Gasteiger partial charge in [-0.15, -0.1) is 0 Å². The summed E-state index contributed by atoms with van der Waals surface area (Å²) < 4.78 is 47.0. The minimum atomic E-state index is -3.46. The highest BCUT2D eigenvalue weighted by molar-refractivity contribution is 9.10. The second-order valence-electron chi connectivity index (χ2n) is 7.57. The number of halogens is 2. The zero-order valence-corrected chi connectivity index (χ0v) is 18.4. The van der Waals surface area contributed by atoms with Gasteiger partial charge >= 0.3 is 6.09 Å². The molecule has 1 aromatic rings. The Hall–Kier alpha value is -1.19. The van der Waals surface area contributed by atoms with Crippen molar-refractivity contribution in [2.45, 2.75) is 58.2 Å². The van der Waals surface area contributed by atoms with Crippen molar-refractivity contribution in [3.8, 4) is 0 Å². The number of likely N-dealkylation sites (tertiary alicyclic amines) is 1. The Labute approximate surface area is 168 Å². The van der Waals surface area contributed by atoms with E-state index in [-0.39, 0.29) is 12.2 Å². The Morgan fingerprint density at radius 1 is 1.41 bits per heavy atom. The third-order valence-electron chi connectivity index (χ3n) is 4.35. The quantitative estimate of drug-likeness (QED) is 0.723. The highest BCUT2D eigenvalue weighted by Gasteiger charge is 2.41. The van der Waals surface area contributed by atoms with E-state index in [1.165, 1.54) is 4.90 Å². The van der Waals surface area contributed by atoms with Gasteiger partial charge in [0.25, 0.3) is 0 Å². The molecule has 1 aliphatic rings. The van der Waals surface area contributed by atoms with Gasteiger partial charge in [-0.3, -0.25) is 0 Å². The Morgan fingerprint density at radius 2 is 2.07 bits per heavy atom. The lowest BCUT2D eigenvalue weighted by atomic mass is 10.0. The van der Waals surface area contributed by atoms with E-state index in [9.17, 15) is 17.6 Å². The number of nitrogens with one attached hydrogen (secondary N) is 1. The zero-order chi connectivity index (χ0) is 20.4. The minimum absolute atomic E-state index is 0.0616. The molecular weight excluding hydrogens is 439 g/mol. The van der Waals surface area contributed by atoms with E-state index in [2.05, 4.69) is 20.7 Å². The average Bonchev–Trinajstić information content (AvgIpc) is 2.92. The van der Waals surface area contributed by atoms with Crippen LogP contribution in [-0.4, -0.2) is 49.4 Å². The summed E-state index contributed by atoms with van der Waals surface area (Å²) in [6, 6.07) is 3.90. The molecule has 27 heavy (non-hydrogen) atoms. The first kappa shape index (κ1) is 22.1. The number of benzene rings is 1. The lowest BCUT2D eigenvalue weighted by molar-refractivity contribution is 0.0218. The van der Waals surface area contributed by atoms with E-state index in [4.69, 9.17) is 4.74 Å². The molecule has 0 aromatic heterocycles. The topological polar surface area (TPSA) is 75.7 Å². The van der Waals surface area contributed by atoms with Crippen molar-refractivity contribution in [3.63, 3.8) is 0 Å². The summed E-state index contributed by atoms with van der Waals surface area (Å²) in [5.41, 5.74) is -0.269. The predicted molar refractivity (Wildman–Crippen MR) is 106 cm³/mol. The molecule has 1 saturated heterocycles. The third kappa shape index (κ3) is 5.89. The highest BCUT2D eigenvalue weighted by Crippen LogP contribution is 2.27. The number of hydrogen-bond donors (Lipinski definition) is 1. The predicted octanol–water partition coefficient (Wildman–Crippen LogP) is 3.45. The number of carbonyl (C=O) groups excluding carboxylic acids is 1. The molecular formula is C18H26BrFN2O4S. The van der Waals surface area contributed by atoms with Crippen LogP contribution in [0.4, 0.5) is 9.18 Å². The minimum Gasteiger partial charge on any atom is -0.444 e. The van der Waals surface area contributed by atoms with E-state index >= 15 is 0 Å². The number of sulfonamides is 1. The molecule has 1 heterocycles. The molecule has 2 atom stereocenters. The molecule has 2 rings (SSSR count). The maximum absolute atomic E-state index is 14.5. The summed E-state index contributed by atoms with van der Waals surface area (Å²) in [5, 5.41) is 0. The Balaban J connectivity index is 2.31. The van der Waals surface area contributed by atoms with Crippen molar-refractivity contribution in [1.29, 1.82) is 0 Å². The number of amides is 1. The number of ether oxygens (including phenoxy) is 1. The summed E-state index contributed by atoms with van der Waals surface area (Å²) >= 11 is 3.16. The van der Waals surface area contributed by atoms with Crippen molar-refractivity contribution in [3.05, 3.63) is 34.1 Å². The van der Waals surface area contributed by atoms with Gasteiger partial charge < -0.3 is 9.64 Å². The van der Waals surface area contributed by atoms with Crippen molar-refractivity contribution in [2.24, 2.45) is 0 Å². The van der Waals surface area contributed by atoms with E-state index < -0.39 is 39.6 Å². The first-order chi connectivity index (χ1) is 12.4. The molecule has 1 fully saturated rings. The average molecular weight is 465 g/mol. The Morgan fingerprint density at radius 3 is 2.67 bits per heavy atom. The van der Waals surface area contributed by atoms with Crippen LogP contribution in [0.25, 0.3) is 0 Å². The van der Waals surface area contributed by atoms with Gasteiger partial charge in [0.05, 0.1) is 16.3 Å². The standard InChI is InChI=1S/C18H26BrFN2O4S/c1-5-27(24,25)21-14-9-10-22(17(23)26-18(2,3)4)15(14)11-12-7-6-8-13(19)16(12)20/h6-8,14-15,21H,5,9-11H2,1-4H3/t14-,15-/m0/s1. The van der Waals surface area contributed by atoms with Gasteiger partial charge in [-0.1, -0.05) is 12.1 Å². The van der Waals surface area contributed by atoms with Gasteiger partial charge in [-0.2, -0.15) is 0 Å². The van der Waals surface area contributed by atoms with Gasteiger partial charge in [0.2, 0.25) is 10.0 Å². The summed E-state index contributed by atoms with van der Waals surface area (Å²) in [4.78, 5) is 14.1. The van der Waals surface area contributed by atoms with Crippen LogP contribution in [0.5, 0.6) is 0 Å². The molecule has 1 amide bonds. The number of rotatable bonds is 5. The van der Waals surface area contributed by atoms with Crippen molar-refractivity contribution in [1.82, 2.24) is 9.62 Å². The van der Waals surface area contributed by atoms with Crippen molar-refractivity contribution in [2.75, 3.05) is 12.3 Å². The molecule has 0 unspecified atom stereocenters. The second kappa shape index (κ2) is 8.45. The molecule has 0 aliphatic carbocycles. The number of nitrogens with zero attached hydrogens (tertiary/aromatic N) is 1. The summed E-state index contributed by atoms with van der Waals surface area (Å²) in [6.07, 6.45) is 0.0984.